The number of nitrogens with one attached hydrogen (secondary N) is 1. The summed E-state index contributed by atoms with van der Waals surface area (Å²) in [6.07, 6.45) is 1.65. The summed E-state index contributed by atoms with van der Waals surface area (Å²) in [5.74, 6) is 0.882. The molecule has 2 rings (SSSR count). The molecule has 1 atom stereocenters. The minimum absolute atomic E-state index is 0. The number of aliphatic hydroxyl groups is 1. The average molecular weight is 274 g/mol. The molecule has 17 heavy (non-hydrogen) atoms. The first-order valence-electron chi connectivity index (χ1n) is 5.22. The molecule has 3 nitrogen and oxygen atoms in total. The molecule has 0 amide bonds. The van der Waals surface area contributed by atoms with Crippen LogP contribution in [0.4, 0.5) is 0 Å². The van der Waals surface area contributed by atoms with Crippen LogP contribution in [0.2, 0.25) is 0 Å². The molecule has 0 aliphatic rings. The number of aryl methyl sites for hydroxylation is 1. The Kier molecular flexibility index (Phi) is 5.71. The topological polar surface area (TPSA) is 45.4 Å². The predicted molar refractivity (Wildman–Crippen MR) is 71.7 cm³/mol. The van der Waals surface area contributed by atoms with E-state index in [0.29, 0.717) is 6.54 Å². The van der Waals surface area contributed by atoms with Gasteiger partial charge in [0, 0.05) is 4.88 Å². The van der Waals surface area contributed by atoms with Crippen molar-refractivity contribution in [2.75, 3.05) is 6.61 Å². The van der Waals surface area contributed by atoms with Crippen molar-refractivity contribution in [1.82, 2.24) is 5.32 Å². The Hall–Kier alpha value is -0.810. The van der Waals surface area contributed by atoms with Crippen molar-refractivity contribution in [2.24, 2.45) is 0 Å². The fourth-order valence-corrected chi connectivity index (χ4v) is 2.61. The molecule has 1 unspecified atom stereocenters. The van der Waals surface area contributed by atoms with E-state index < -0.39 is 0 Å². The molecular weight excluding hydrogens is 258 g/mol. The van der Waals surface area contributed by atoms with E-state index in [1.807, 2.05) is 17.5 Å². The SMILES string of the molecule is Cc1ccsc1C(CO)NCc1ccco1.Cl. The highest BCUT2D eigenvalue weighted by atomic mass is 35.5. The van der Waals surface area contributed by atoms with Crippen LogP contribution in [0, 0.1) is 6.92 Å². The lowest BCUT2D eigenvalue weighted by Gasteiger charge is -2.14. The number of hydrogen-bond donors (Lipinski definition) is 2. The highest BCUT2D eigenvalue weighted by molar-refractivity contribution is 7.10. The number of aliphatic hydroxyl groups excluding tert-OH is 1. The van der Waals surface area contributed by atoms with Gasteiger partial charge < -0.3 is 14.8 Å². The summed E-state index contributed by atoms with van der Waals surface area (Å²) in [7, 11) is 0. The van der Waals surface area contributed by atoms with E-state index in [4.69, 9.17) is 4.42 Å². The van der Waals surface area contributed by atoms with Crippen LogP contribution in [0.25, 0.3) is 0 Å². The van der Waals surface area contributed by atoms with Gasteiger partial charge in [-0.05, 0) is 36.1 Å². The smallest absolute Gasteiger partial charge is 0.117 e. The van der Waals surface area contributed by atoms with Crippen LogP contribution >= 0.6 is 23.7 Å². The summed E-state index contributed by atoms with van der Waals surface area (Å²) in [6, 6.07) is 5.84. The van der Waals surface area contributed by atoms with Gasteiger partial charge >= 0.3 is 0 Å². The van der Waals surface area contributed by atoms with Crippen LogP contribution in [-0.4, -0.2) is 11.7 Å². The minimum Gasteiger partial charge on any atom is -0.468 e. The van der Waals surface area contributed by atoms with Crippen LogP contribution < -0.4 is 5.32 Å². The number of hydrogen-bond acceptors (Lipinski definition) is 4. The number of thiophene rings is 1. The van der Waals surface area contributed by atoms with Gasteiger partial charge in [0.25, 0.3) is 0 Å². The van der Waals surface area contributed by atoms with Gasteiger partial charge in [-0.3, -0.25) is 0 Å². The second-order valence-corrected chi connectivity index (χ2v) is 4.61. The molecule has 0 fully saturated rings. The van der Waals surface area contributed by atoms with E-state index >= 15 is 0 Å². The fraction of sp³-hybridized carbons (Fsp3) is 0.333. The van der Waals surface area contributed by atoms with Crippen molar-refractivity contribution in [2.45, 2.75) is 19.5 Å². The van der Waals surface area contributed by atoms with Gasteiger partial charge in [0.15, 0.2) is 0 Å². The summed E-state index contributed by atoms with van der Waals surface area (Å²) in [5, 5.41) is 14.7. The van der Waals surface area contributed by atoms with Gasteiger partial charge in [0.1, 0.15) is 5.76 Å². The van der Waals surface area contributed by atoms with E-state index in [2.05, 4.69) is 18.3 Å². The van der Waals surface area contributed by atoms with Gasteiger partial charge in [-0.25, -0.2) is 0 Å². The lowest BCUT2D eigenvalue weighted by Crippen LogP contribution is -2.23. The molecule has 0 aromatic carbocycles. The van der Waals surface area contributed by atoms with Gasteiger partial charge in [0.05, 0.1) is 25.5 Å². The summed E-state index contributed by atoms with van der Waals surface area (Å²) < 4.78 is 5.24. The van der Waals surface area contributed by atoms with Crippen molar-refractivity contribution in [1.29, 1.82) is 0 Å². The summed E-state index contributed by atoms with van der Waals surface area (Å²) in [4.78, 5) is 1.19. The molecule has 2 aromatic rings. The number of rotatable bonds is 5. The number of furan rings is 1. The fourth-order valence-electron chi connectivity index (χ4n) is 1.62. The first-order valence-corrected chi connectivity index (χ1v) is 6.10. The van der Waals surface area contributed by atoms with E-state index in [-0.39, 0.29) is 25.1 Å². The van der Waals surface area contributed by atoms with Crippen molar-refractivity contribution in [3.63, 3.8) is 0 Å². The summed E-state index contributed by atoms with van der Waals surface area (Å²) in [6.45, 7) is 2.79. The molecule has 0 radical (unpaired) electrons. The van der Waals surface area contributed by atoms with Crippen LogP contribution in [0.15, 0.2) is 34.3 Å². The third kappa shape index (κ3) is 3.57. The molecule has 0 aliphatic heterocycles. The molecule has 0 saturated heterocycles. The molecule has 0 spiro atoms. The minimum atomic E-state index is -0.00917. The molecule has 0 aliphatic carbocycles. The Morgan fingerprint density at radius 3 is 2.82 bits per heavy atom. The maximum atomic E-state index is 9.36. The highest BCUT2D eigenvalue weighted by Gasteiger charge is 2.13. The third-order valence-corrected chi connectivity index (χ3v) is 3.64. The van der Waals surface area contributed by atoms with Crippen molar-refractivity contribution in [3.05, 3.63) is 46.0 Å². The van der Waals surface area contributed by atoms with E-state index in [1.165, 1.54) is 10.4 Å². The molecule has 2 aromatic heterocycles. The zero-order valence-corrected chi connectivity index (χ0v) is 11.2. The zero-order chi connectivity index (χ0) is 11.4. The summed E-state index contributed by atoms with van der Waals surface area (Å²) in [5.41, 5.74) is 1.22. The van der Waals surface area contributed by atoms with Crippen LogP contribution in [0.1, 0.15) is 22.2 Å². The number of halogens is 1. The molecule has 94 valence electrons. The molecule has 2 heterocycles. The molecule has 0 bridgehead atoms. The Labute approximate surface area is 111 Å². The van der Waals surface area contributed by atoms with Crippen molar-refractivity contribution >= 4 is 23.7 Å². The maximum absolute atomic E-state index is 9.36. The first-order chi connectivity index (χ1) is 7.81. The Morgan fingerprint density at radius 1 is 1.47 bits per heavy atom. The van der Waals surface area contributed by atoms with E-state index in [9.17, 15) is 5.11 Å². The van der Waals surface area contributed by atoms with Crippen LogP contribution in [0.3, 0.4) is 0 Å². The normalized spacial score (nSPS) is 12.1. The molecule has 5 heteroatoms. The lowest BCUT2D eigenvalue weighted by atomic mass is 10.2. The van der Waals surface area contributed by atoms with Gasteiger partial charge in [-0.1, -0.05) is 0 Å². The monoisotopic (exact) mass is 273 g/mol. The Bertz CT molecular complexity index is 427. The average Bonchev–Trinajstić information content (AvgIpc) is 2.92. The summed E-state index contributed by atoms with van der Waals surface area (Å²) >= 11 is 1.67. The maximum Gasteiger partial charge on any atom is 0.117 e. The highest BCUT2D eigenvalue weighted by Crippen LogP contribution is 2.23. The van der Waals surface area contributed by atoms with E-state index in [0.717, 1.165) is 5.76 Å². The van der Waals surface area contributed by atoms with Gasteiger partial charge in [0.2, 0.25) is 0 Å². The quantitative estimate of drug-likeness (QED) is 0.881. The first kappa shape index (κ1) is 14.3. The predicted octanol–water partition coefficient (Wildman–Crippen LogP) is 2.89. The van der Waals surface area contributed by atoms with E-state index in [1.54, 1.807) is 17.6 Å². The van der Waals surface area contributed by atoms with Crippen molar-refractivity contribution < 1.29 is 9.52 Å². The largest absolute Gasteiger partial charge is 0.468 e. The molecular formula is C12H16ClNO2S. The van der Waals surface area contributed by atoms with Gasteiger partial charge in [-0.15, -0.1) is 23.7 Å². The Balaban J connectivity index is 0.00000144. The lowest BCUT2D eigenvalue weighted by molar-refractivity contribution is 0.242. The van der Waals surface area contributed by atoms with Crippen LogP contribution in [0.5, 0.6) is 0 Å². The molecule has 0 saturated carbocycles. The Morgan fingerprint density at radius 2 is 2.29 bits per heavy atom. The third-order valence-electron chi connectivity index (χ3n) is 2.50. The second kappa shape index (κ2) is 6.81. The van der Waals surface area contributed by atoms with Gasteiger partial charge in [-0.2, -0.15) is 0 Å². The molecule has 2 N–H and O–H groups in total. The van der Waals surface area contributed by atoms with Crippen LogP contribution in [-0.2, 0) is 6.54 Å². The zero-order valence-electron chi connectivity index (χ0n) is 9.55. The standard InChI is InChI=1S/C12H15NO2S.ClH/c1-9-4-6-16-12(9)11(8-14)13-7-10-3-2-5-15-10;/h2-6,11,13-14H,7-8H2,1H3;1H. The van der Waals surface area contributed by atoms with Crippen molar-refractivity contribution in [3.8, 4) is 0 Å². The second-order valence-electron chi connectivity index (χ2n) is 3.66.